The number of anilines is 1. The van der Waals surface area contributed by atoms with Crippen LogP contribution in [0, 0.1) is 5.82 Å². The second kappa shape index (κ2) is 8.56. The van der Waals surface area contributed by atoms with E-state index in [1.165, 1.54) is 18.5 Å². The van der Waals surface area contributed by atoms with E-state index < -0.39 is 11.9 Å². The molecule has 0 aliphatic carbocycles. The Kier molecular flexibility index (Phi) is 5.19. The summed E-state index contributed by atoms with van der Waals surface area (Å²) < 4.78 is 22.1. The molecular formula is C28H20FN5O3. The molecule has 3 aromatic carbocycles. The van der Waals surface area contributed by atoms with E-state index in [0.29, 0.717) is 44.6 Å². The third kappa shape index (κ3) is 3.68. The Labute approximate surface area is 209 Å². The Morgan fingerprint density at radius 1 is 1.00 bits per heavy atom. The molecule has 3 aromatic heterocycles. The van der Waals surface area contributed by atoms with Gasteiger partial charge in [-0.1, -0.05) is 36.4 Å². The van der Waals surface area contributed by atoms with Crippen LogP contribution in [-0.4, -0.2) is 24.9 Å². The van der Waals surface area contributed by atoms with Gasteiger partial charge in [-0.05, 0) is 48.9 Å². The van der Waals surface area contributed by atoms with Gasteiger partial charge in [-0.15, -0.1) is 0 Å². The van der Waals surface area contributed by atoms with Crippen LogP contribution in [0.25, 0.3) is 44.4 Å². The Bertz CT molecular complexity index is 1880. The summed E-state index contributed by atoms with van der Waals surface area (Å²) in [5, 5.41) is 15.7. The molecule has 0 radical (unpaired) electrons. The average Bonchev–Trinajstić information content (AvgIpc) is 3.29. The molecule has 0 aliphatic heterocycles. The minimum absolute atomic E-state index is 0.0672. The molecule has 3 heterocycles. The first-order valence-corrected chi connectivity index (χ1v) is 11.5. The molecule has 3 N–H and O–H groups in total. The minimum Gasteiger partial charge on any atom is -0.508 e. The van der Waals surface area contributed by atoms with Gasteiger partial charge in [-0.25, -0.2) is 19.0 Å². The molecule has 1 atom stereocenters. The fourth-order valence-corrected chi connectivity index (χ4v) is 4.60. The van der Waals surface area contributed by atoms with Crippen molar-refractivity contribution in [2.45, 2.75) is 13.0 Å². The monoisotopic (exact) mass is 493 g/mol. The molecule has 6 aromatic rings. The lowest BCUT2D eigenvalue weighted by Crippen LogP contribution is -2.16. The fraction of sp³-hybridized carbons (Fsp3) is 0.0714. The van der Waals surface area contributed by atoms with Crippen molar-refractivity contribution in [3.05, 3.63) is 101 Å². The van der Waals surface area contributed by atoms with Crippen molar-refractivity contribution >= 4 is 27.8 Å². The zero-order valence-electron chi connectivity index (χ0n) is 19.6. The highest BCUT2D eigenvalue weighted by molar-refractivity contribution is 5.98. The van der Waals surface area contributed by atoms with Gasteiger partial charge in [0.1, 0.15) is 46.8 Å². The number of halogens is 1. The third-order valence-corrected chi connectivity index (χ3v) is 6.32. The topological polar surface area (TPSA) is 120 Å². The lowest BCUT2D eigenvalue weighted by molar-refractivity contribution is 0.445. The number of nitrogens with zero attached hydrogens (tertiary/aromatic N) is 4. The second-order valence-electron chi connectivity index (χ2n) is 8.65. The summed E-state index contributed by atoms with van der Waals surface area (Å²) in [6.07, 6.45) is 1.33. The van der Waals surface area contributed by atoms with Gasteiger partial charge in [-0.2, -0.15) is 5.10 Å². The summed E-state index contributed by atoms with van der Waals surface area (Å²) in [7, 11) is 0. The minimum atomic E-state index is -0.654. The summed E-state index contributed by atoms with van der Waals surface area (Å²) in [5.41, 5.74) is 8.47. The van der Waals surface area contributed by atoms with Crippen LogP contribution < -0.4 is 11.2 Å². The number of aromatic nitrogens is 4. The number of hydrogen-bond donors (Lipinski definition) is 2. The van der Waals surface area contributed by atoms with E-state index in [1.807, 2.05) is 6.92 Å². The first kappa shape index (κ1) is 22.4. The zero-order chi connectivity index (χ0) is 25.7. The highest BCUT2D eigenvalue weighted by Crippen LogP contribution is 2.36. The number of nitrogens with two attached hydrogens (primary N) is 1. The van der Waals surface area contributed by atoms with Crippen LogP contribution in [0.4, 0.5) is 10.2 Å². The largest absolute Gasteiger partial charge is 0.508 e. The maximum absolute atomic E-state index is 14.2. The first-order valence-electron chi connectivity index (χ1n) is 11.5. The predicted molar refractivity (Wildman–Crippen MR) is 139 cm³/mol. The Balaban J connectivity index is 1.65. The first-order chi connectivity index (χ1) is 17.9. The van der Waals surface area contributed by atoms with Crippen molar-refractivity contribution in [1.82, 2.24) is 19.7 Å². The van der Waals surface area contributed by atoms with E-state index in [0.717, 1.165) is 0 Å². The maximum atomic E-state index is 14.2. The maximum Gasteiger partial charge on any atom is 0.200 e. The molecule has 182 valence electrons. The zero-order valence-corrected chi connectivity index (χ0v) is 19.6. The SMILES string of the molecule is CC(c1oc2ccccc2c(=O)c1-c1cccc(F)c1)n1nc(-c2cccc(O)c2)c2c(N)ncnc21. The number of benzene rings is 3. The summed E-state index contributed by atoms with van der Waals surface area (Å²) in [6.45, 7) is 1.81. The van der Waals surface area contributed by atoms with Gasteiger partial charge in [-0.3, -0.25) is 4.79 Å². The molecule has 0 saturated carbocycles. The van der Waals surface area contributed by atoms with Crippen molar-refractivity contribution in [1.29, 1.82) is 0 Å². The van der Waals surface area contributed by atoms with Crippen molar-refractivity contribution in [2.24, 2.45) is 0 Å². The normalized spacial score (nSPS) is 12.3. The van der Waals surface area contributed by atoms with Crippen LogP contribution in [0.2, 0.25) is 0 Å². The molecule has 6 rings (SSSR count). The highest BCUT2D eigenvalue weighted by Gasteiger charge is 2.27. The number of hydrogen-bond acceptors (Lipinski definition) is 7. The van der Waals surface area contributed by atoms with Gasteiger partial charge in [0.2, 0.25) is 5.43 Å². The van der Waals surface area contributed by atoms with Crippen LogP contribution in [0.15, 0.2) is 88.3 Å². The van der Waals surface area contributed by atoms with Crippen molar-refractivity contribution in [2.75, 3.05) is 5.73 Å². The molecule has 9 heteroatoms. The Morgan fingerprint density at radius 3 is 2.59 bits per heavy atom. The summed E-state index contributed by atoms with van der Waals surface area (Å²) in [4.78, 5) is 22.2. The molecule has 0 saturated heterocycles. The van der Waals surface area contributed by atoms with Crippen LogP contribution in [0.1, 0.15) is 18.7 Å². The van der Waals surface area contributed by atoms with Gasteiger partial charge in [0.05, 0.1) is 16.3 Å². The number of rotatable bonds is 4. The average molecular weight is 493 g/mol. The second-order valence-corrected chi connectivity index (χ2v) is 8.65. The van der Waals surface area contributed by atoms with Crippen LogP contribution >= 0.6 is 0 Å². The molecule has 0 bridgehead atoms. The fourth-order valence-electron chi connectivity index (χ4n) is 4.60. The van der Waals surface area contributed by atoms with Crippen molar-refractivity contribution in [3.63, 3.8) is 0 Å². The Morgan fingerprint density at radius 2 is 1.78 bits per heavy atom. The molecule has 37 heavy (non-hydrogen) atoms. The summed E-state index contributed by atoms with van der Waals surface area (Å²) >= 11 is 0. The van der Waals surface area contributed by atoms with Crippen molar-refractivity contribution in [3.8, 4) is 28.1 Å². The Hall–Kier alpha value is -5.05. The van der Waals surface area contributed by atoms with Gasteiger partial charge >= 0.3 is 0 Å². The standard InChI is InChI=1S/C28H20FN5O3/c1-15(34-28-23(27(30)31-14-32-28)24(33-34)17-7-5-9-19(35)13-17)26-22(16-6-4-8-18(29)12-16)25(36)20-10-2-3-11-21(20)37-26/h2-15,35H,1H3,(H2,30,31,32). The van der Waals surface area contributed by atoms with Crippen LogP contribution in [-0.2, 0) is 0 Å². The summed E-state index contributed by atoms with van der Waals surface area (Å²) in [5.74, 6) is 0.0999. The highest BCUT2D eigenvalue weighted by atomic mass is 19.1. The molecular weight excluding hydrogens is 473 g/mol. The number of para-hydroxylation sites is 1. The summed E-state index contributed by atoms with van der Waals surface area (Å²) in [6, 6.07) is 18.7. The number of nitrogen functional groups attached to an aromatic ring is 1. The van der Waals surface area contributed by atoms with Gasteiger partial charge in [0.15, 0.2) is 5.65 Å². The van der Waals surface area contributed by atoms with Gasteiger partial charge < -0.3 is 15.3 Å². The van der Waals surface area contributed by atoms with E-state index in [-0.39, 0.29) is 22.6 Å². The predicted octanol–water partition coefficient (Wildman–Crippen LogP) is 5.30. The number of fused-ring (bicyclic) bond motifs is 2. The van der Waals surface area contributed by atoms with E-state index in [1.54, 1.807) is 65.3 Å². The molecule has 0 amide bonds. The quantitative estimate of drug-likeness (QED) is 0.342. The van der Waals surface area contributed by atoms with E-state index in [2.05, 4.69) is 9.97 Å². The van der Waals surface area contributed by atoms with Crippen molar-refractivity contribution < 1.29 is 13.9 Å². The molecule has 8 nitrogen and oxygen atoms in total. The number of phenolic OH excluding ortho intramolecular Hbond substituents is 1. The molecule has 0 fully saturated rings. The molecule has 0 spiro atoms. The van der Waals surface area contributed by atoms with Crippen LogP contribution in [0.5, 0.6) is 5.75 Å². The molecule has 1 unspecified atom stereocenters. The van der Waals surface area contributed by atoms with Gasteiger partial charge in [0, 0.05) is 5.56 Å². The third-order valence-electron chi connectivity index (χ3n) is 6.32. The lowest BCUT2D eigenvalue weighted by Gasteiger charge is -2.17. The van der Waals surface area contributed by atoms with Crippen LogP contribution in [0.3, 0.4) is 0 Å². The van der Waals surface area contributed by atoms with E-state index >= 15 is 0 Å². The molecule has 0 aliphatic rings. The number of aromatic hydroxyl groups is 1. The van der Waals surface area contributed by atoms with E-state index in [9.17, 15) is 14.3 Å². The lowest BCUT2D eigenvalue weighted by atomic mass is 9.99. The van der Waals surface area contributed by atoms with E-state index in [4.69, 9.17) is 15.2 Å². The smallest absolute Gasteiger partial charge is 0.200 e. The number of phenols is 1. The van der Waals surface area contributed by atoms with Gasteiger partial charge in [0.25, 0.3) is 0 Å².